The second-order valence-corrected chi connectivity index (χ2v) is 7.26. The van der Waals surface area contributed by atoms with E-state index in [1.165, 1.54) is 23.5 Å². The van der Waals surface area contributed by atoms with Crippen molar-refractivity contribution in [3.63, 3.8) is 0 Å². The molecule has 0 aliphatic carbocycles. The summed E-state index contributed by atoms with van der Waals surface area (Å²) < 4.78 is 18.8. The van der Waals surface area contributed by atoms with Crippen molar-refractivity contribution < 1.29 is 13.9 Å². The first-order chi connectivity index (χ1) is 12.2. The molecule has 2 N–H and O–H groups in total. The molecule has 2 heterocycles. The van der Waals surface area contributed by atoms with Crippen LogP contribution in [0, 0.1) is 5.82 Å². The topological polar surface area (TPSA) is 55.6 Å². The Hall–Kier alpha value is -1.76. The molecule has 0 radical (unpaired) electrons. The third-order valence-electron chi connectivity index (χ3n) is 4.38. The maximum absolute atomic E-state index is 13.0. The van der Waals surface area contributed by atoms with Gasteiger partial charge in [-0.2, -0.15) is 0 Å². The Balaban J connectivity index is 1.56. The Morgan fingerprint density at radius 1 is 1.20 bits per heavy atom. The van der Waals surface area contributed by atoms with Gasteiger partial charge in [0, 0.05) is 24.6 Å². The molecule has 25 heavy (non-hydrogen) atoms. The van der Waals surface area contributed by atoms with Gasteiger partial charge in [0.05, 0.1) is 11.0 Å². The zero-order valence-electron chi connectivity index (χ0n) is 14.1. The molecule has 2 aromatic rings. The average molecular weight is 362 g/mol. The number of carbonyl (C=O) groups is 1. The van der Waals surface area contributed by atoms with Gasteiger partial charge in [0.25, 0.3) is 5.91 Å². The van der Waals surface area contributed by atoms with E-state index in [1.54, 1.807) is 12.1 Å². The first-order valence-corrected chi connectivity index (χ1v) is 9.46. The summed E-state index contributed by atoms with van der Waals surface area (Å²) in [5.41, 5.74) is 6.40. The number of piperidine rings is 1. The predicted octanol–water partition coefficient (Wildman–Crippen LogP) is 3.52. The molecule has 0 atom stereocenters. The second kappa shape index (κ2) is 8.56. The number of rotatable bonds is 6. The summed E-state index contributed by atoms with van der Waals surface area (Å²) in [7, 11) is 0. The van der Waals surface area contributed by atoms with Crippen molar-refractivity contribution >= 4 is 17.2 Å². The lowest BCUT2D eigenvalue weighted by molar-refractivity contribution is 0.00858. The van der Waals surface area contributed by atoms with E-state index in [2.05, 4.69) is 0 Å². The summed E-state index contributed by atoms with van der Waals surface area (Å²) in [4.78, 5) is 16.3. The van der Waals surface area contributed by atoms with Crippen molar-refractivity contribution in [2.24, 2.45) is 5.73 Å². The number of amides is 1. The van der Waals surface area contributed by atoms with Gasteiger partial charge >= 0.3 is 0 Å². The number of benzene rings is 1. The molecule has 1 amide bonds. The number of hydrogen-bond donors (Lipinski definition) is 1. The van der Waals surface area contributed by atoms with E-state index in [-0.39, 0.29) is 17.8 Å². The van der Waals surface area contributed by atoms with Gasteiger partial charge in [-0.1, -0.05) is 12.1 Å². The third-order valence-corrected chi connectivity index (χ3v) is 5.50. The molecule has 0 unspecified atom stereocenters. The largest absolute Gasteiger partial charge is 0.378 e. The maximum atomic E-state index is 13.0. The van der Waals surface area contributed by atoms with Crippen molar-refractivity contribution in [1.82, 2.24) is 4.90 Å². The quantitative estimate of drug-likeness (QED) is 0.800. The zero-order chi connectivity index (χ0) is 17.6. The summed E-state index contributed by atoms with van der Waals surface area (Å²) >= 11 is 1.45. The molecule has 0 bridgehead atoms. The molecule has 1 aliphatic heterocycles. The Bertz CT molecular complexity index is 694. The molecule has 134 valence electrons. The highest BCUT2D eigenvalue weighted by Gasteiger charge is 2.25. The van der Waals surface area contributed by atoms with Crippen LogP contribution in [0.25, 0.3) is 10.4 Å². The van der Waals surface area contributed by atoms with Crippen molar-refractivity contribution in [2.75, 3.05) is 26.2 Å². The van der Waals surface area contributed by atoms with Gasteiger partial charge in [-0.05, 0) is 55.6 Å². The summed E-state index contributed by atoms with van der Waals surface area (Å²) in [6, 6.07) is 10.1. The minimum atomic E-state index is -0.256. The van der Waals surface area contributed by atoms with E-state index in [0.717, 1.165) is 47.7 Å². The molecule has 1 saturated heterocycles. The monoisotopic (exact) mass is 362 g/mol. The van der Waals surface area contributed by atoms with Crippen molar-refractivity contribution in [2.45, 2.75) is 25.4 Å². The minimum absolute atomic E-state index is 0.0683. The Morgan fingerprint density at radius 3 is 2.60 bits per heavy atom. The van der Waals surface area contributed by atoms with Crippen molar-refractivity contribution in [3.05, 3.63) is 47.1 Å². The van der Waals surface area contributed by atoms with Crippen LogP contribution < -0.4 is 5.73 Å². The van der Waals surface area contributed by atoms with Gasteiger partial charge in [-0.15, -0.1) is 11.3 Å². The zero-order valence-corrected chi connectivity index (χ0v) is 14.9. The van der Waals surface area contributed by atoms with E-state index in [0.29, 0.717) is 13.2 Å². The number of nitrogens with zero attached hydrogens (tertiary/aromatic N) is 1. The fourth-order valence-electron chi connectivity index (χ4n) is 2.94. The molecular weight excluding hydrogens is 339 g/mol. The lowest BCUT2D eigenvalue weighted by atomic mass is 10.1. The fourth-order valence-corrected chi connectivity index (χ4v) is 3.92. The molecule has 1 aromatic heterocycles. The number of ether oxygens (including phenoxy) is 1. The van der Waals surface area contributed by atoms with Crippen LogP contribution in [-0.2, 0) is 4.74 Å². The Kier molecular flexibility index (Phi) is 6.18. The van der Waals surface area contributed by atoms with E-state index >= 15 is 0 Å². The van der Waals surface area contributed by atoms with E-state index < -0.39 is 0 Å². The number of thiophene rings is 1. The lowest BCUT2D eigenvalue weighted by Crippen LogP contribution is -2.40. The summed E-state index contributed by atoms with van der Waals surface area (Å²) in [5, 5.41) is 0. The van der Waals surface area contributed by atoms with Crippen LogP contribution in [0.4, 0.5) is 4.39 Å². The number of carbonyl (C=O) groups excluding carboxylic acids is 1. The van der Waals surface area contributed by atoms with Gasteiger partial charge in [-0.3, -0.25) is 4.79 Å². The van der Waals surface area contributed by atoms with Gasteiger partial charge in [0.15, 0.2) is 0 Å². The summed E-state index contributed by atoms with van der Waals surface area (Å²) in [6.07, 6.45) is 2.84. The van der Waals surface area contributed by atoms with Crippen LogP contribution in [0.2, 0.25) is 0 Å². The van der Waals surface area contributed by atoms with E-state index in [4.69, 9.17) is 10.5 Å². The fraction of sp³-hybridized carbons (Fsp3) is 0.421. The smallest absolute Gasteiger partial charge is 0.263 e. The summed E-state index contributed by atoms with van der Waals surface area (Å²) in [5.74, 6) is -0.188. The van der Waals surface area contributed by atoms with Gasteiger partial charge < -0.3 is 15.4 Å². The molecule has 6 heteroatoms. The number of nitrogens with two attached hydrogens (primary N) is 1. The predicted molar refractivity (Wildman–Crippen MR) is 98.3 cm³/mol. The highest BCUT2D eigenvalue weighted by atomic mass is 32.1. The van der Waals surface area contributed by atoms with Crippen LogP contribution in [0.3, 0.4) is 0 Å². The van der Waals surface area contributed by atoms with Crippen LogP contribution in [0.15, 0.2) is 36.4 Å². The average Bonchev–Trinajstić information content (AvgIpc) is 3.13. The molecular formula is C19H23FN2O2S. The second-order valence-electron chi connectivity index (χ2n) is 6.18. The third kappa shape index (κ3) is 4.66. The first-order valence-electron chi connectivity index (χ1n) is 8.64. The van der Waals surface area contributed by atoms with Crippen molar-refractivity contribution in [1.29, 1.82) is 0 Å². The molecule has 0 spiro atoms. The molecule has 3 rings (SSSR count). The molecule has 1 aliphatic rings. The van der Waals surface area contributed by atoms with E-state index in [1.807, 2.05) is 17.0 Å². The number of hydrogen-bond acceptors (Lipinski definition) is 4. The minimum Gasteiger partial charge on any atom is -0.378 e. The first kappa shape index (κ1) is 18.0. The van der Waals surface area contributed by atoms with Gasteiger partial charge in [0.1, 0.15) is 5.82 Å². The Morgan fingerprint density at radius 2 is 1.92 bits per heavy atom. The Labute approximate surface area is 151 Å². The standard InChI is InChI=1S/C19H23FN2O2S/c20-15-4-2-14(3-5-15)17-6-7-18(25-17)19(23)22-11-8-16(9-12-22)24-13-1-10-21/h2-7,16H,1,8-13,21H2. The van der Waals surface area contributed by atoms with Gasteiger partial charge in [0.2, 0.25) is 0 Å². The van der Waals surface area contributed by atoms with E-state index in [9.17, 15) is 9.18 Å². The van der Waals surface area contributed by atoms with Crippen molar-refractivity contribution in [3.8, 4) is 10.4 Å². The van der Waals surface area contributed by atoms with Crippen LogP contribution in [-0.4, -0.2) is 43.2 Å². The van der Waals surface area contributed by atoms with Gasteiger partial charge in [-0.25, -0.2) is 4.39 Å². The SMILES string of the molecule is NCCCOC1CCN(C(=O)c2ccc(-c3ccc(F)cc3)s2)CC1. The number of likely N-dealkylation sites (tertiary alicyclic amines) is 1. The maximum Gasteiger partial charge on any atom is 0.263 e. The highest BCUT2D eigenvalue weighted by Crippen LogP contribution is 2.29. The van der Waals surface area contributed by atoms with Crippen LogP contribution in [0.5, 0.6) is 0 Å². The summed E-state index contributed by atoms with van der Waals surface area (Å²) in [6.45, 7) is 2.78. The molecule has 0 saturated carbocycles. The molecule has 1 fully saturated rings. The molecule has 4 nitrogen and oxygen atoms in total. The lowest BCUT2D eigenvalue weighted by Gasteiger charge is -2.31. The molecule has 1 aromatic carbocycles. The highest BCUT2D eigenvalue weighted by molar-refractivity contribution is 7.17. The normalized spacial score (nSPS) is 15.5. The van der Waals surface area contributed by atoms with Crippen LogP contribution in [0.1, 0.15) is 28.9 Å². The number of halogens is 1. The van der Waals surface area contributed by atoms with Crippen LogP contribution >= 0.6 is 11.3 Å².